The molecule has 0 heterocycles. The van der Waals surface area contributed by atoms with E-state index >= 15 is 0 Å². The molecule has 0 aromatic heterocycles. The average molecular weight is 317 g/mol. The SMILES string of the molecule is CCCCCCCCc1ccc2c(c1)CC[C@@H]([C@H](N)C(=O)O)C2. The zero-order valence-corrected chi connectivity index (χ0v) is 14.4. The van der Waals surface area contributed by atoms with Gasteiger partial charge in [0.25, 0.3) is 0 Å². The maximum Gasteiger partial charge on any atom is 0.320 e. The van der Waals surface area contributed by atoms with Gasteiger partial charge in [0.15, 0.2) is 0 Å². The fourth-order valence-corrected chi connectivity index (χ4v) is 3.61. The summed E-state index contributed by atoms with van der Waals surface area (Å²) in [6.45, 7) is 2.25. The number of aryl methyl sites for hydroxylation is 2. The Labute approximate surface area is 140 Å². The molecule has 0 bridgehead atoms. The summed E-state index contributed by atoms with van der Waals surface area (Å²) in [7, 11) is 0. The van der Waals surface area contributed by atoms with E-state index in [2.05, 4.69) is 25.1 Å². The first-order valence-corrected chi connectivity index (χ1v) is 9.21. The smallest absolute Gasteiger partial charge is 0.320 e. The third-order valence-electron chi connectivity index (χ3n) is 5.15. The van der Waals surface area contributed by atoms with Crippen molar-refractivity contribution in [2.75, 3.05) is 0 Å². The maximum absolute atomic E-state index is 11.1. The highest BCUT2D eigenvalue weighted by molar-refractivity contribution is 5.73. The molecule has 3 N–H and O–H groups in total. The molecule has 0 radical (unpaired) electrons. The van der Waals surface area contributed by atoms with Gasteiger partial charge in [-0.05, 0) is 54.7 Å². The van der Waals surface area contributed by atoms with Crippen LogP contribution in [0.3, 0.4) is 0 Å². The van der Waals surface area contributed by atoms with Gasteiger partial charge in [-0.3, -0.25) is 4.79 Å². The largest absolute Gasteiger partial charge is 0.480 e. The molecule has 3 heteroatoms. The van der Waals surface area contributed by atoms with Crippen LogP contribution < -0.4 is 5.73 Å². The molecule has 0 amide bonds. The van der Waals surface area contributed by atoms with Gasteiger partial charge in [0.05, 0.1) is 0 Å². The van der Waals surface area contributed by atoms with Gasteiger partial charge in [-0.2, -0.15) is 0 Å². The second-order valence-electron chi connectivity index (χ2n) is 6.99. The van der Waals surface area contributed by atoms with Crippen LogP contribution in [-0.2, 0) is 24.1 Å². The van der Waals surface area contributed by atoms with Gasteiger partial charge in [-0.25, -0.2) is 0 Å². The first-order valence-electron chi connectivity index (χ1n) is 9.21. The summed E-state index contributed by atoms with van der Waals surface area (Å²) < 4.78 is 0. The van der Waals surface area contributed by atoms with Gasteiger partial charge >= 0.3 is 5.97 Å². The lowest BCUT2D eigenvalue weighted by Gasteiger charge is -2.27. The first kappa shape index (κ1) is 18.0. The number of rotatable bonds is 9. The molecule has 1 aromatic carbocycles. The van der Waals surface area contributed by atoms with E-state index in [4.69, 9.17) is 10.8 Å². The van der Waals surface area contributed by atoms with E-state index in [0.717, 1.165) is 25.7 Å². The minimum atomic E-state index is -0.877. The summed E-state index contributed by atoms with van der Waals surface area (Å²) in [6, 6.07) is 6.03. The molecule has 3 nitrogen and oxygen atoms in total. The van der Waals surface area contributed by atoms with E-state index in [1.54, 1.807) is 0 Å². The number of unbranched alkanes of at least 4 members (excludes halogenated alkanes) is 5. The molecule has 1 aliphatic rings. The minimum Gasteiger partial charge on any atom is -0.480 e. The molecular formula is C20H31NO2. The third kappa shape index (κ3) is 5.35. The Balaban J connectivity index is 1.83. The Morgan fingerprint density at radius 1 is 1.22 bits per heavy atom. The van der Waals surface area contributed by atoms with Gasteiger partial charge < -0.3 is 10.8 Å². The molecule has 23 heavy (non-hydrogen) atoms. The number of carboxylic acids is 1. The maximum atomic E-state index is 11.1. The number of hydrogen-bond donors (Lipinski definition) is 2. The lowest BCUT2D eigenvalue weighted by atomic mass is 9.79. The first-order chi connectivity index (χ1) is 11.1. The van der Waals surface area contributed by atoms with Gasteiger partial charge in [-0.15, -0.1) is 0 Å². The van der Waals surface area contributed by atoms with E-state index in [1.165, 1.54) is 55.2 Å². The number of benzene rings is 1. The molecule has 0 saturated heterocycles. The van der Waals surface area contributed by atoms with Gasteiger partial charge in [0, 0.05) is 0 Å². The van der Waals surface area contributed by atoms with E-state index < -0.39 is 12.0 Å². The molecule has 0 fully saturated rings. The fraction of sp³-hybridized carbons (Fsp3) is 0.650. The predicted molar refractivity (Wildman–Crippen MR) is 94.6 cm³/mol. The Kier molecular flexibility index (Phi) is 7.10. The fourth-order valence-electron chi connectivity index (χ4n) is 3.61. The molecule has 1 aliphatic carbocycles. The van der Waals surface area contributed by atoms with E-state index in [9.17, 15) is 4.79 Å². The number of nitrogens with two attached hydrogens (primary N) is 1. The number of fused-ring (bicyclic) bond motifs is 1. The normalized spacial score (nSPS) is 18.4. The lowest BCUT2D eigenvalue weighted by molar-refractivity contribution is -0.140. The van der Waals surface area contributed by atoms with Crippen LogP contribution in [0, 0.1) is 5.92 Å². The Morgan fingerprint density at radius 2 is 1.96 bits per heavy atom. The molecule has 0 spiro atoms. The Morgan fingerprint density at radius 3 is 2.70 bits per heavy atom. The highest BCUT2D eigenvalue weighted by Gasteiger charge is 2.28. The molecule has 0 saturated carbocycles. The highest BCUT2D eigenvalue weighted by atomic mass is 16.4. The summed E-state index contributed by atoms with van der Waals surface area (Å²) in [6.07, 6.45) is 11.8. The van der Waals surface area contributed by atoms with Crippen molar-refractivity contribution >= 4 is 5.97 Å². The number of aliphatic carboxylic acids is 1. The van der Waals surface area contributed by atoms with Crippen LogP contribution in [0.25, 0.3) is 0 Å². The van der Waals surface area contributed by atoms with Crippen molar-refractivity contribution in [3.63, 3.8) is 0 Å². The Hall–Kier alpha value is -1.35. The van der Waals surface area contributed by atoms with Crippen LogP contribution in [-0.4, -0.2) is 17.1 Å². The van der Waals surface area contributed by atoms with Crippen molar-refractivity contribution in [1.29, 1.82) is 0 Å². The summed E-state index contributed by atoms with van der Waals surface area (Å²) in [5, 5.41) is 9.08. The van der Waals surface area contributed by atoms with E-state index in [0.29, 0.717) is 0 Å². The molecule has 0 aliphatic heterocycles. The van der Waals surface area contributed by atoms with Gasteiger partial charge in [0.1, 0.15) is 6.04 Å². The predicted octanol–water partition coefficient (Wildman–Crippen LogP) is 4.11. The second-order valence-corrected chi connectivity index (χ2v) is 6.99. The highest BCUT2D eigenvalue weighted by Crippen LogP contribution is 2.28. The lowest BCUT2D eigenvalue weighted by Crippen LogP contribution is -2.40. The third-order valence-corrected chi connectivity index (χ3v) is 5.15. The van der Waals surface area contributed by atoms with Crippen molar-refractivity contribution in [2.24, 2.45) is 11.7 Å². The van der Waals surface area contributed by atoms with Crippen LogP contribution in [0.5, 0.6) is 0 Å². The minimum absolute atomic E-state index is 0.0735. The molecular weight excluding hydrogens is 286 g/mol. The number of carbonyl (C=O) groups is 1. The Bertz CT molecular complexity index is 512. The van der Waals surface area contributed by atoms with Crippen LogP contribution >= 0.6 is 0 Å². The van der Waals surface area contributed by atoms with Crippen LogP contribution in [0.15, 0.2) is 18.2 Å². The number of carboxylic acid groups (broad SMARTS) is 1. The van der Waals surface area contributed by atoms with Crippen LogP contribution in [0.4, 0.5) is 0 Å². The van der Waals surface area contributed by atoms with Gasteiger partial charge in [0.2, 0.25) is 0 Å². The molecule has 2 rings (SSSR count). The summed E-state index contributed by atoms with van der Waals surface area (Å²) in [5.41, 5.74) is 9.93. The monoisotopic (exact) mass is 317 g/mol. The van der Waals surface area contributed by atoms with E-state index in [-0.39, 0.29) is 5.92 Å². The number of hydrogen-bond acceptors (Lipinski definition) is 2. The topological polar surface area (TPSA) is 63.3 Å². The van der Waals surface area contributed by atoms with Crippen molar-refractivity contribution in [3.8, 4) is 0 Å². The molecule has 2 atom stereocenters. The quantitative estimate of drug-likeness (QED) is 0.674. The molecule has 128 valence electrons. The second kappa shape index (κ2) is 9.07. The van der Waals surface area contributed by atoms with Crippen molar-refractivity contribution in [1.82, 2.24) is 0 Å². The zero-order valence-electron chi connectivity index (χ0n) is 14.4. The van der Waals surface area contributed by atoms with Crippen molar-refractivity contribution in [3.05, 3.63) is 34.9 Å². The van der Waals surface area contributed by atoms with Crippen LogP contribution in [0.2, 0.25) is 0 Å². The van der Waals surface area contributed by atoms with Crippen molar-refractivity contribution in [2.45, 2.75) is 77.2 Å². The van der Waals surface area contributed by atoms with Gasteiger partial charge in [-0.1, -0.05) is 57.2 Å². The molecule has 1 aromatic rings. The zero-order chi connectivity index (χ0) is 16.7. The van der Waals surface area contributed by atoms with Crippen molar-refractivity contribution < 1.29 is 9.90 Å². The van der Waals surface area contributed by atoms with Crippen LogP contribution in [0.1, 0.15) is 68.6 Å². The molecule has 0 unspecified atom stereocenters. The average Bonchev–Trinajstić information content (AvgIpc) is 2.56. The summed E-state index contributed by atoms with van der Waals surface area (Å²) >= 11 is 0. The summed E-state index contributed by atoms with van der Waals surface area (Å²) in [5.74, 6) is -0.803. The summed E-state index contributed by atoms with van der Waals surface area (Å²) in [4.78, 5) is 11.1. The standard InChI is InChI=1S/C20H31NO2/c1-2-3-4-5-6-7-8-15-9-10-17-14-18(19(21)20(22)23)12-11-16(17)13-15/h9-10,13,18-19H,2-8,11-12,14,21H2,1H3,(H,22,23)/t18-,19+/m1/s1. The van der Waals surface area contributed by atoms with E-state index in [1.807, 2.05) is 0 Å².